The van der Waals surface area contributed by atoms with E-state index in [0.29, 0.717) is 12.4 Å². The molecule has 0 bridgehead atoms. The van der Waals surface area contributed by atoms with Crippen LogP contribution in [0, 0.1) is 0 Å². The molecule has 1 fully saturated rings. The number of nitrogens with one attached hydrogen (secondary N) is 2. The first kappa shape index (κ1) is 17.1. The Morgan fingerprint density at radius 3 is 2.84 bits per heavy atom. The van der Waals surface area contributed by atoms with Gasteiger partial charge in [-0.05, 0) is 43.5 Å². The van der Waals surface area contributed by atoms with Gasteiger partial charge in [-0.15, -0.1) is 0 Å². The molecule has 0 spiro atoms. The summed E-state index contributed by atoms with van der Waals surface area (Å²) in [6, 6.07) is 11.4. The van der Waals surface area contributed by atoms with Gasteiger partial charge in [0.2, 0.25) is 5.88 Å². The molecule has 25 heavy (non-hydrogen) atoms. The molecule has 1 aromatic carbocycles. The van der Waals surface area contributed by atoms with Crippen molar-refractivity contribution < 1.29 is 9.53 Å². The Morgan fingerprint density at radius 2 is 2.04 bits per heavy atom. The van der Waals surface area contributed by atoms with Crippen LogP contribution in [0.4, 0.5) is 16.2 Å². The highest BCUT2D eigenvalue weighted by atomic mass is 16.5. The van der Waals surface area contributed by atoms with Crippen molar-refractivity contribution in [2.45, 2.75) is 25.8 Å². The highest BCUT2D eigenvalue weighted by molar-refractivity contribution is 5.89. The van der Waals surface area contributed by atoms with Crippen molar-refractivity contribution >= 4 is 17.4 Å². The molecule has 132 valence electrons. The predicted octanol–water partition coefficient (Wildman–Crippen LogP) is 3.40. The van der Waals surface area contributed by atoms with Crippen LogP contribution in [-0.2, 0) is 6.54 Å². The van der Waals surface area contributed by atoms with E-state index in [4.69, 9.17) is 4.74 Å². The van der Waals surface area contributed by atoms with Crippen molar-refractivity contribution in [1.82, 2.24) is 10.3 Å². The van der Waals surface area contributed by atoms with E-state index in [1.54, 1.807) is 13.3 Å². The maximum Gasteiger partial charge on any atom is 0.319 e. The van der Waals surface area contributed by atoms with Crippen LogP contribution in [-0.4, -0.2) is 31.2 Å². The molecule has 6 nitrogen and oxygen atoms in total. The van der Waals surface area contributed by atoms with Crippen molar-refractivity contribution in [2.75, 3.05) is 30.4 Å². The van der Waals surface area contributed by atoms with Gasteiger partial charge in [0, 0.05) is 42.8 Å². The topological polar surface area (TPSA) is 66.5 Å². The van der Waals surface area contributed by atoms with Gasteiger partial charge in [0.15, 0.2) is 0 Å². The Balaban J connectivity index is 1.57. The summed E-state index contributed by atoms with van der Waals surface area (Å²) in [5.74, 6) is 0.523. The molecule has 1 aliphatic rings. The number of aromatic nitrogens is 1. The Kier molecular flexibility index (Phi) is 5.72. The van der Waals surface area contributed by atoms with Gasteiger partial charge in [0.25, 0.3) is 0 Å². The van der Waals surface area contributed by atoms with E-state index in [0.717, 1.165) is 30.0 Å². The average Bonchev–Trinajstić information content (AvgIpc) is 2.67. The summed E-state index contributed by atoms with van der Waals surface area (Å²) in [7, 11) is 1.57. The standard InChI is InChI=1S/C19H24N4O2/c1-25-18-15(7-6-10-20-18)14-21-19(24)22-16-8-5-9-17(13-16)23-11-3-2-4-12-23/h5-10,13H,2-4,11-12,14H2,1H3,(H2,21,22,24). The lowest BCUT2D eigenvalue weighted by atomic mass is 10.1. The van der Waals surface area contributed by atoms with Crippen LogP contribution in [0.2, 0.25) is 0 Å². The number of carbonyl (C=O) groups is 1. The average molecular weight is 340 g/mol. The van der Waals surface area contributed by atoms with Gasteiger partial charge in [-0.3, -0.25) is 0 Å². The summed E-state index contributed by atoms with van der Waals surface area (Å²) >= 11 is 0. The number of hydrogen-bond acceptors (Lipinski definition) is 4. The molecule has 1 aliphatic heterocycles. The van der Waals surface area contributed by atoms with Crippen molar-refractivity contribution in [1.29, 1.82) is 0 Å². The Bertz CT molecular complexity index is 714. The van der Waals surface area contributed by atoms with Gasteiger partial charge in [0.1, 0.15) is 0 Å². The van der Waals surface area contributed by atoms with Gasteiger partial charge in [-0.1, -0.05) is 12.1 Å². The molecular weight excluding hydrogens is 316 g/mol. The van der Waals surface area contributed by atoms with Crippen LogP contribution in [0.5, 0.6) is 5.88 Å². The Labute approximate surface area is 148 Å². The summed E-state index contributed by atoms with van der Waals surface area (Å²) in [4.78, 5) is 18.7. The van der Waals surface area contributed by atoms with Crippen LogP contribution < -0.4 is 20.3 Å². The molecule has 0 atom stereocenters. The number of methoxy groups -OCH3 is 1. The van der Waals surface area contributed by atoms with Crippen LogP contribution >= 0.6 is 0 Å². The van der Waals surface area contributed by atoms with Crippen LogP contribution in [0.15, 0.2) is 42.6 Å². The van der Waals surface area contributed by atoms with Crippen molar-refractivity contribution in [2.24, 2.45) is 0 Å². The van der Waals surface area contributed by atoms with Crippen LogP contribution in [0.25, 0.3) is 0 Å². The smallest absolute Gasteiger partial charge is 0.319 e. The summed E-state index contributed by atoms with van der Waals surface area (Å²) < 4.78 is 5.19. The molecule has 1 aromatic heterocycles. The molecule has 2 amide bonds. The van der Waals surface area contributed by atoms with E-state index in [1.807, 2.05) is 30.3 Å². The number of ether oxygens (including phenoxy) is 1. The molecule has 0 radical (unpaired) electrons. The number of urea groups is 1. The summed E-state index contributed by atoms with van der Waals surface area (Å²) in [5, 5.41) is 5.73. The molecule has 3 rings (SSSR count). The fourth-order valence-corrected chi connectivity index (χ4v) is 3.03. The lowest BCUT2D eigenvalue weighted by Crippen LogP contribution is -2.30. The minimum absolute atomic E-state index is 0.248. The molecule has 6 heteroatoms. The minimum Gasteiger partial charge on any atom is -0.481 e. The molecule has 0 saturated carbocycles. The van der Waals surface area contributed by atoms with Gasteiger partial charge in [0.05, 0.1) is 7.11 Å². The third kappa shape index (κ3) is 4.62. The number of anilines is 2. The first-order chi connectivity index (χ1) is 12.3. The number of piperidine rings is 1. The zero-order valence-corrected chi connectivity index (χ0v) is 14.5. The van der Waals surface area contributed by atoms with Crippen molar-refractivity contribution in [3.8, 4) is 5.88 Å². The fourth-order valence-electron chi connectivity index (χ4n) is 3.03. The molecule has 1 saturated heterocycles. The fraction of sp³-hybridized carbons (Fsp3) is 0.368. The lowest BCUT2D eigenvalue weighted by molar-refractivity contribution is 0.251. The number of hydrogen-bond donors (Lipinski definition) is 2. The Hall–Kier alpha value is -2.76. The minimum atomic E-state index is -0.248. The quantitative estimate of drug-likeness (QED) is 0.875. The van der Waals surface area contributed by atoms with Gasteiger partial charge >= 0.3 is 6.03 Å². The van der Waals surface area contributed by atoms with Gasteiger partial charge in [-0.2, -0.15) is 0 Å². The predicted molar refractivity (Wildman–Crippen MR) is 99.2 cm³/mol. The maximum atomic E-state index is 12.2. The monoisotopic (exact) mass is 340 g/mol. The van der Waals surface area contributed by atoms with E-state index in [9.17, 15) is 4.79 Å². The van der Waals surface area contributed by atoms with E-state index in [2.05, 4.69) is 26.6 Å². The third-order valence-corrected chi connectivity index (χ3v) is 4.31. The summed E-state index contributed by atoms with van der Waals surface area (Å²) in [6.07, 6.45) is 5.42. The SMILES string of the molecule is COc1ncccc1CNC(=O)Nc1cccc(N2CCCCC2)c1. The maximum absolute atomic E-state index is 12.2. The second kappa shape index (κ2) is 8.37. The third-order valence-electron chi connectivity index (χ3n) is 4.31. The number of rotatable bonds is 5. The second-order valence-electron chi connectivity index (χ2n) is 6.08. The number of nitrogens with zero attached hydrogens (tertiary/aromatic N) is 2. The molecule has 2 heterocycles. The zero-order chi connectivity index (χ0) is 17.5. The van der Waals surface area contributed by atoms with Gasteiger partial charge in [-0.25, -0.2) is 9.78 Å². The van der Waals surface area contributed by atoms with E-state index in [-0.39, 0.29) is 6.03 Å². The molecule has 0 unspecified atom stereocenters. The van der Waals surface area contributed by atoms with E-state index >= 15 is 0 Å². The first-order valence-corrected chi connectivity index (χ1v) is 8.64. The zero-order valence-electron chi connectivity index (χ0n) is 14.5. The number of amides is 2. The summed E-state index contributed by atoms with van der Waals surface area (Å²) in [6.45, 7) is 2.52. The molecule has 0 aliphatic carbocycles. The first-order valence-electron chi connectivity index (χ1n) is 8.64. The van der Waals surface area contributed by atoms with E-state index in [1.165, 1.54) is 19.3 Å². The molecular formula is C19H24N4O2. The number of carbonyl (C=O) groups excluding carboxylic acids is 1. The van der Waals surface area contributed by atoms with Crippen molar-refractivity contribution in [3.63, 3.8) is 0 Å². The van der Waals surface area contributed by atoms with Crippen LogP contribution in [0.1, 0.15) is 24.8 Å². The second-order valence-corrected chi connectivity index (χ2v) is 6.08. The summed E-state index contributed by atoms with van der Waals surface area (Å²) in [5.41, 5.74) is 2.78. The lowest BCUT2D eigenvalue weighted by Gasteiger charge is -2.29. The number of pyridine rings is 1. The van der Waals surface area contributed by atoms with Crippen LogP contribution in [0.3, 0.4) is 0 Å². The highest BCUT2D eigenvalue weighted by Crippen LogP contribution is 2.23. The molecule has 2 aromatic rings. The normalized spacial score (nSPS) is 14.0. The number of benzene rings is 1. The van der Waals surface area contributed by atoms with Gasteiger partial charge < -0.3 is 20.3 Å². The van der Waals surface area contributed by atoms with Crippen molar-refractivity contribution in [3.05, 3.63) is 48.2 Å². The largest absolute Gasteiger partial charge is 0.481 e. The molecule has 2 N–H and O–H groups in total. The highest BCUT2D eigenvalue weighted by Gasteiger charge is 2.12. The Morgan fingerprint density at radius 1 is 1.20 bits per heavy atom. The van der Waals surface area contributed by atoms with E-state index < -0.39 is 0 Å².